The zero-order valence-electron chi connectivity index (χ0n) is 10.1. The fourth-order valence-corrected chi connectivity index (χ4v) is 1.53. The highest BCUT2D eigenvalue weighted by atomic mass is 16.5. The lowest BCUT2D eigenvalue weighted by molar-refractivity contribution is 0.0928. The number of hydrazine groups is 1. The van der Waals surface area contributed by atoms with E-state index >= 15 is 0 Å². The second-order valence-corrected chi connectivity index (χ2v) is 3.58. The number of aromatic nitrogens is 2. The van der Waals surface area contributed by atoms with Gasteiger partial charge in [-0.05, 0) is 13.3 Å². The van der Waals surface area contributed by atoms with Crippen molar-refractivity contribution in [2.45, 2.75) is 20.0 Å². The number of methoxy groups -OCH3 is 1. The number of hydrogen-bond donors (Lipinski definition) is 2. The topological polar surface area (TPSA) is 74.3 Å². The van der Waals surface area contributed by atoms with E-state index in [-0.39, 0.29) is 0 Å². The van der Waals surface area contributed by atoms with Crippen LogP contribution in [0.3, 0.4) is 0 Å². The van der Waals surface area contributed by atoms with Gasteiger partial charge in [0.25, 0.3) is 0 Å². The fourth-order valence-electron chi connectivity index (χ4n) is 1.53. The maximum Gasteiger partial charge on any atom is 0.143 e. The highest BCUT2D eigenvalue weighted by molar-refractivity contribution is 5.45. The van der Waals surface area contributed by atoms with E-state index in [4.69, 9.17) is 15.3 Å². The van der Waals surface area contributed by atoms with E-state index in [1.807, 2.05) is 14.0 Å². The van der Waals surface area contributed by atoms with E-state index in [0.717, 1.165) is 23.5 Å². The zero-order valence-corrected chi connectivity index (χ0v) is 10.1. The summed E-state index contributed by atoms with van der Waals surface area (Å²) in [7, 11) is 3.53. The van der Waals surface area contributed by atoms with Gasteiger partial charge in [0.2, 0.25) is 0 Å². The minimum atomic E-state index is 0.517. The van der Waals surface area contributed by atoms with Crippen molar-refractivity contribution >= 4 is 5.82 Å². The van der Waals surface area contributed by atoms with Crippen molar-refractivity contribution in [2.24, 2.45) is 12.9 Å². The maximum atomic E-state index is 5.53. The van der Waals surface area contributed by atoms with Crippen molar-refractivity contribution in [1.82, 2.24) is 9.78 Å². The van der Waals surface area contributed by atoms with Gasteiger partial charge in [-0.1, -0.05) is 0 Å². The second-order valence-electron chi connectivity index (χ2n) is 3.58. The van der Waals surface area contributed by atoms with Gasteiger partial charge in [0.1, 0.15) is 5.82 Å². The molecule has 0 amide bonds. The molecule has 92 valence electrons. The van der Waals surface area contributed by atoms with Crippen LogP contribution in [-0.2, 0) is 23.1 Å². The number of rotatable bonds is 7. The Morgan fingerprint density at radius 2 is 2.19 bits per heavy atom. The van der Waals surface area contributed by atoms with Gasteiger partial charge in [-0.15, -0.1) is 0 Å². The van der Waals surface area contributed by atoms with Gasteiger partial charge in [-0.3, -0.25) is 4.68 Å². The number of aryl methyl sites for hydroxylation is 2. The van der Waals surface area contributed by atoms with E-state index < -0.39 is 0 Å². The number of nitrogens with two attached hydrogens (primary N) is 1. The van der Waals surface area contributed by atoms with Gasteiger partial charge in [-0.25, -0.2) is 5.84 Å². The van der Waals surface area contributed by atoms with Crippen LogP contribution in [0.4, 0.5) is 5.82 Å². The number of ether oxygens (including phenoxy) is 2. The van der Waals surface area contributed by atoms with Crippen molar-refractivity contribution in [1.29, 1.82) is 0 Å². The molecule has 1 rings (SSSR count). The quantitative estimate of drug-likeness (QED) is 0.405. The van der Waals surface area contributed by atoms with Crippen LogP contribution in [0.1, 0.15) is 17.7 Å². The molecule has 0 saturated carbocycles. The Morgan fingerprint density at radius 1 is 1.44 bits per heavy atom. The third-order valence-corrected chi connectivity index (χ3v) is 2.37. The molecule has 0 fully saturated rings. The first-order valence-corrected chi connectivity index (χ1v) is 5.26. The molecule has 1 heterocycles. The molecule has 3 N–H and O–H groups in total. The van der Waals surface area contributed by atoms with Gasteiger partial charge in [0, 0.05) is 32.9 Å². The van der Waals surface area contributed by atoms with Crippen LogP contribution in [0.2, 0.25) is 0 Å². The van der Waals surface area contributed by atoms with Crippen molar-refractivity contribution in [2.75, 3.05) is 25.7 Å². The van der Waals surface area contributed by atoms with Crippen LogP contribution >= 0.6 is 0 Å². The molecule has 0 bridgehead atoms. The first-order valence-electron chi connectivity index (χ1n) is 5.26. The molecule has 1 aromatic rings. The van der Waals surface area contributed by atoms with Crippen LogP contribution in [0, 0.1) is 6.92 Å². The van der Waals surface area contributed by atoms with E-state index in [9.17, 15) is 0 Å². The molecule has 0 spiro atoms. The summed E-state index contributed by atoms with van der Waals surface area (Å²) in [5, 5.41) is 4.27. The first-order chi connectivity index (χ1) is 7.70. The molecule has 0 aliphatic rings. The smallest absolute Gasteiger partial charge is 0.143 e. The number of nitrogen functional groups attached to an aromatic ring is 1. The van der Waals surface area contributed by atoms with Crippen LogP contribution in [0.15, 0.2) is 0 Å². The fraction of sp³-hybridized carbons (Fsp3) is 0.700. The van der Waals surface area contributed by atoms with Crippen LogP contribution in [-0.4, -0.2) is 30.1 Å². The molecular formula is C10H20N4O2. The molecule has 0 radical (unpaired) electrons. The van der Waals surface area contributed by atoms with Gasteiger partial charge in [-0.2, -0.15) is 5.10 Å². The summed E-state index contributed by atoms with van der Waals surface area (Å²) in [5.41, 5.74) is 4.57. The van der Waals surface area contributed by atoms with E-state index in [1.54, 1.807) is 11.8 Å². The molecule has 1 aromatic heterocycles. The number of anilines is 1. The largest absolute Gasteiger partial charge is 0.385 e. The lowest BCUT2D eigenvalue weighted by atomic mass is 10.2. The number of nitrogens with zero attached hydrogens (tertiary/aromatic N) is 2. The normalized spacial score (nSPS) is 10.8. The Bertz CT molecular complexity index is 325. The van der Waals surface area contributed by atoms with Gasteiger partial charge >= 0.3 is 0 Å². The lowest BCUT2D eigenvalue weighted by Gasteiger charge is -2.06. The Hall–Kier alpha value is -1.11. The van der Waals surface area contributed by atoms with Crippen LogP contribution < -0.4 is 11.3 Å². The van der Waals surface area contributed by atoms with Crippen molar-refractivity contribution in [3.8, 4) is 0 Å². The van der Waals surface area contributed by atoms with Crippen LogP contribution in [0.5, 0.6) is 0 Å². The molecule has 0 saturated heterocycles. The summed E-state index contributed by atoms with van der Waals surface area (Å²) in [6, 6.07) is 0. The molecule has 0 atom stereocenters. The Balaban J connectivity index is 2.46. The average molecular weight is 228 g/mol. The summed E-state index contributed by atoms with van der Waals surface area (Å²) >= 11 is 0. The summed E-state index contributed by atoms with van der Waals surface area (Å²) in [6.07, 6.45) is 0.890. The van der Waals surface area contributed by atoms with Crippen molar-refractivity contribution in [3.63, 3.8) is 0 Å². The predicted octanol–water partition coefficient (Wildman–Crippen LogP) is 0.567. The van der Waals surface area contributed by atoms with Crippen LogP contribution in [0.25, 0.3) is 0 Å². The molecule has 0 aliphatic heterocycles. The second kappa shape index (κ2) is 6.47. The summed E-state index contributed by atoms with van der Waals surface area (Å²) < 4.78 is 12.2. The molecule has 0 aliphatic carbocycles. The third-order valence-electron chi connectivity index (χ3n) is 2.37. The number of hydrogen-bond acceptors (Lipinski definition) is 5. The Labute approximate surface area is 95.7 Å². The highest BCUT2D eigenvalue weighted by Gasteiger charge is 2.11. The Kier molecular flexibility index (Phi) is 5.24. The monoisotopic (exact) mass is 228 g/mol. The molecular weight excluding hydrogens is 208 g/mol. The van der Waals surface area contributed by atoms with Gasteiger partial charge < -0.3 is 14.9 Å². The first kappa shape index (κ1) is 13.0. The maximum absolute atomic E-state index is 5.53. The summed E-state index contributed by atoms with van der Waals surface area (Å²) in [5.74, 6) is 6.23. The van der Waals surface area contributed by atoms with Crippen molar-refractivity contribution in [3.05, 3.63) is 11.3 Å². The molecule has 0 unspecified atom stereocenters. The average Bonchev–Trinajstić information content (AvgIpc) is 2.53. The molecule has 0 aromatic carbocycles. The van der Waals surface area contributed by atoms with Gasteiger partial charge in [0.05, 0.1) is 12.3 Å². The molecule has 16 heavy (non-hydrogen) atoms. The summed E-state index contributed by atoms with van der Waals surface area (Å²) in [6.45, 7) is 3.85. The Morgan fingerprint density at radius 3 is 2.81 bits per heavy atom. The van der Waals surface area contributed by atoms with Gasteiger partial charge in [0.15, 0.2) is 0 Å². The lowest BCUT2D eigenvalue weighted by Crippen LogP contribution is -2.13. The van der Waals surface area contributed by atoms with E-state index in [0.29, 0.717) is 19.8 Å². The third kappa shape index (κ3) is 3.19. The molecule has 6 heteroatoms. The standard InChI is InChI=1S/C10H20N4O2/c1-8-9(7-16-6-4-5-15-3)10(12-11)14(2)13-8/h12H,4-7,11H2,1-3H3. The molecule has 6 nitrogen and oxygen atoms in total. The van der Waals surface area contributed by atoms with E-state index in [1.165, 1.54) is 0 Å². The van der Waals surface area contributed by atoms with Crippen molar-refractivity contribution < 1.29 is 9.47 Å². The highest BCUT2D eigenvalue weighted by Crippen LogP contribution is 2.18. The summed E-state index contributed by atoms with van der Waals surface area (Å²) in [4.78, 5) is 0. The minimum Gasteiger partial charge on any atom is -0.385 e. The zero-order chi connectivity index (χ0) is 12.0. The number of nitrogens with one attached hydrogen (secondary N) is 1. The SMILES string of the molecule is COCCCOCc1c(C)nn(C)c1NN. The predicted molar refractivity (Wildman–Crippen MR) is 61.9 cm³/mol. The minimum absolute atomic E-state index is 0.517. The van der Waals surface area contributed by atoms with E-state index in [2.05, 4.69) is 10.5 Å².